The minimum Gasteiger partial charge on any atom is -0.198 e. The summed E-state index contributed by atoms with van der Waals surface area (Å²) in [7, 11) is 0. The summed E-state index contributed by atoms with van der Waals surface area (Å²) in [5, 5.41) is 9.45. The first kappa shape index (κ1) is 29.5. The van der Waals surface area contributed by atoms with Crippen molar-refractivity contribution >= 4 is 0 Å². The molecule has 0 atom stereocenters. The van der Waals surface area contributed by atoms with Crippen LogP contribution in [0, 0.1) is 17.2 Å². The molecular weight excluding hydrogens is 386 g/mol. The van der Waals surface area contributed by atoms with Crippen molar-refractivity contribution in [2.24, 2.45) is 5.92 Å². The lowest BCUT2D eigenvalue weighted by molar-refractivity contribution is 0.467. The highest BCUT2D eigenvalue weighted by Crippen LogP contribution is 2.20. The van der Waals surface area contributed by atoms with Gasteiger partial charge < -0.3 is 0 Å². The summed E-state index contributed by atoms with van der Waals surface area (Å²) in [5.74, 6) is 0.329. The van der Waals surface area contributed by atoms with Gasteiger partial charge in [0, 0.05) is 5.92 Å². The van der Waals surface area contributed by atoms with Gasteiger partial charge in [0.15, 0.2) is 0 Å². The number of nitrogens with zero attached hydrogens (tertiary/aromatic N) is 1. The van der Waals surface area contributed by atoms with Gasteiger partial charge in [0.1, 0.15) is 0 Å². The Morgan fingerprint density at radius 1 is 0.281 bits per heavy atom. The number of rotatable bonds is 0. The Morgan fingerprint density at radius 2 is 0.438 bits per heavy atom. The van der Waals surface area contributed by atoms with Crippen molar-refractivity contribution in [3.63, 3.8) is 0 Å². The van der Waals surface area contributed by atoms with Gasteiger partial charge in [-0.15, -0.1) is 0 Å². The Balaban J connectivity index is 2.11. The third kappa shape index (κ3) is 21.3. The molecule has 0 heterocycles. The second-order valence-corrected chi connectivity index (χ2v) is 10.9. The maximum atomic E-state index is 9.45. The summed E-state index contributed by atoms with van der Waals surface area (Å²) < 4.78 is 0. The molecular formula is C31H59N. The molecule has 0 N–H and O–H groups in total. The van der Waals surface area contributed by atoms with Crippen LogP contribution in [0.3, 0.4) is 0 Å². The summed E-state index contributed by atoms with van der Waals surface area (Å²) in [6.45, 7) is 0. The molecule has 0 aliphatic heterocycles. The van der Waals surface area contributed by atoms with Gasteiger partial charge >= 0.3 is 0 Å². The third-order valence-electron chi connectivity index (χ3n) is 7.79. The van der Waals surface area contributed by atoms with Crippen molar-refractivity contribution in [2.75, 3.05) is 0 Å². The Bertz CT molecular complexity index is 366. The molecule has 0 aromatic rings. The van der Waals surface area contributed by atoms with E-state index >= 15 is 0 Å². The minimum atomic E-state index is 0.329. The van der Waals surface area contributed by atoms with E-state index in [1.807, 2.05) is 0 Å². The fraction of sp³-hybridized carbons (Fsp3) is 0.968. The average molecular weight is 446 g/mol. The van der Waals surface area contributed by atoms with E-state index in [9.17, 15) is 5.26 Å². The predicted octanol–water partition coefficient (Wildman–Crippen LogP) is 11.5. The largest absolute Gasteiger partial charge is 0.198 e. The SMILES string of the molecule is N#CC1CCCCCCCCCCCCCCCCCCCCCCCCCCCCC1. The Kier molecular flexibility index (Phi) is 23.2. The molecule has 0 bridgehead atoms. The lowest BCUT2D eigenvalue weighted by Gasteiger charge is -2.09. The van der Waals surface area contributed by atoms with Crippen LogP contribution in [-0.2, 0) is 0 Å². The first-order valence-electron chi connectivity index (χ1n) is 15.3. The van der Waals surface area contributed by atoms with Gasteiger partial charge in [0.2, 0.25) is 0 Å². The normalized spacial score (nSPS) is 23.6. The molecule has 1 rings (SSSR count). The average Bonchev–Trinajstić information content (AvgIpc) is 2.81. The lowest BCUT2D eigenvalue weighted by Crippen LogP contribution is -1.97. The van der Waals surface area contributed by atoms with Gasteiger partial charge in [0.05, 0.1) is 6.07 Å². The second kappa shape index (κ2) is 25.1. The van der Waals surface area contributed by atoms with Crippen molar-refractivity contribution in [1.29, 1.82) is 5.26 Å². The number of hydrogen-bond acceptors (Lipinski definition) is 1. The van der Waals surface area contributed by atoms with Crippen molar-refractivity contribution in [1.82, 2.24) is 0 Å². The maximum absolute atomic E-state index is 9.45. The Hall–Kier alpha value is -0.510. The molecule has 0 radical (unpaired) electrons. The monoisotopic (exact) mass is 445 g/mol. The quantitative estimate of drug-likeness (QED) is 0.363. The standard InChI is InChI=1S/C31H59N/c32-30-31-28-26-24-22-20-18-16-14-12-10-8-6-4-2-1-3-5-7-9-11-13-15-17-19-21-23-25-27-29-31/h31H,1-29H2. The van der Waals surface area contributed by atoms with Crippen LogP contribution >= 0.6 is 0 Å². The summed E-state index contributed by atoms with van der Waals surface area (Å²) in [5.41, 5.74) is 0. The van der Waals surface area contributed by atoms with Crippen LogP contribution in [0.25, 0.3) is 0 Å². The van der Waals surface area contributed by atoms with E-state index in [1.54, 1.807) is 0 Å². The summed E-state index contributed by atoms with van der Waals surface area (Å²) in [6, 6.07) is 2.59. The van der Waals surface area contributed by atoms with Gasteiger partial charge in [-0.2, -0.15) is 5.26 Å². The van der Waals surface area contributed by atoms with Crippen LogP contribution in [0.5, 0.6) is 0 Å². The van der Waals surface area contributed by atoms with Gasteiger partial charge in [0.25, 0.3) is 0 Å². The van der Waals surface area contributed by atoms with Crippen molar-refractivity contribution in [3.05, 3.63) is 0 Å². The predicted molar refractivity (Wildman–Crippen MR) is 143 cm³/mol. The Morgan fingerprint density at radius 3 is 0.594 bits per heavy atom. The van der Waals surface area contributed by atoms with Gasteiger partial charge in [-0.25, -0.2) is 0 Å². The zero-order chi connectivity index (χ0) is 22.8. The van der Waals surface area contributed by atoms with Crippen molar-refractivity contribution in [2.45, 2.75) is 186 Å². The summed E-state index contributed by atoms with van der Waals surface area (Å²) >= 11 is 0. The molecule has 0 unspecified atom stereocenters. The highest BCUT2D eigenvalue weighted by Gasteiger charge is 2.07. The maximum Gasteiger partial charge on any atom is 0.0655 e. The molecule has 32 heavy (non-hydrogen) atoms. The number of nitriles is 1. The molecule has 0 aromatic heterocycles. The molecule has 0 amide bonds. The van der Waals surface area contributed by atoms with E-state index in [0.29, 0.717) is 5.92 Å². The fourth-order valence-corrected chi connectivity index (χ4v) is 5.47. The molecule has 188 valence electrons. The highest BCUT2D eigenvalue weighted by molar-refractivity contribution is 4.82. The van der Waals surface area contributed by atoms with E-state index in [2.05, 4.69) is 6.07 Å². The molecule has 1 nitrogen and oxygen atoms in total. The van der Waals surface area contributed by atoms with E-state index in [-0.39, 0.29) is 0 Å². The smallest absolute Gasteiger partial charge is 0.0655 e. The molecule has 0 saturated heterocycles. The minimum absolute atomic E-state index is 0.329. The molecule has 1 aliphatic carbocycles. The highest BCUT2D eigenvalue weighted by atomic mass is 14.3. The lowest BCUT2D eigenvalue weighted by atomic mass is 9.95. The summed E-state index contributed by atoms with van der Waals surface area (Å²) in [4.78, 5) is 0. The molecule has 1 aliphatic rings. The van der Waals surface area contributed by atoms with Crippen LogP contribution in [0.1, 0.15) is 186 Å². The van der Waals surface area contributed by atoms with Crippen molar-refractivity contribution in [3.8, 4) is 6.07 Å². The van der Waals surface area contributed by atoms with E-state index in [4.69, 9.17) is 0 Å². The molecule has 1 heteroatoms. The van der Waals surface area contributed by atoms with E-state index in [0.717, 1.165) is 12.8 Å². The zero-order valence-electron chi connectivity index (χ0n) is 22.0. The van der Waals surface area contributed by atoms with E-state index < -0.39 is 0 Å². The third-order valence-corrected chi connectivity index (χ3v) is 7.79. The molecule has 0 aromatic carbocycles. The zero-order valence-corrected chi connectivity index (χ0v) is 22.0. The second-order valence-electron chi connectivity index (χ2n) is 10.9. The topological polar surface area (TPSA) is 23.8 Å². The van der Waals surface area contributed by atoms with Crippen LogP contribution in [0.4, 0.5) is 0 Å². The molecule has 0 spiro atoms. The summed E-state index contributed by atoms with van der Waals surface area (Å²) in [6.07, 6.45) is 41.0. The van der Waals surface area contributed by atoms with E-state index in [1.165, 1.54) is 173 Å². The molecule has 1 fully saturated rings. The van der Waals surface area contributed by atoms with Gasteiger partial charge in [-0.05, 0) is 12.8 Å². The van der Waals surface area contributed by atoms with Crippen LogP contribution in [0.15, 0.2) is 0 Å². The van der Waals surface area contributed by atoms with Gasteiger partial charge in [-0.3, -0.25) is 0 Å². The van der Waals surface area contributed by atoms with Crippen molar-refractivity contribution < 1.29 is 0 Å². The van der Waals surface area contributed by atoms with Gasteiger partial charge in [-0.1, -0.05) is 173 Å². The first-order chi connectivity index (χ1) is 15.9. The Labute approximate surface area is 203 Å². The number of hydrogen-bond donors (Lipinski definition) is 0. The fourth-order valence-electron chi connectivity index (χ4n) is 5.47. The van der Waals surface area contributed by atoms with Crippen LogP contribution in [-0.4, -0.2) is 0 Å². The van der Waals surface area contributed by atoms with Crippen LogP contribution < -0.4 is 0 Å². The molecule has 1 saturated carbocycles. The van der Waals surface area contributed by atoms with Crippen LogP contribution in [0.2, 0.25) is 0 Å². The first-order valence-corrected chi connectivity index (χ1v) is 15.3.